The van der Waals surface area contributed by atoms with Gasteiger partial charge in [-0.3, -0.25) is 14.5 Å². The maximum absolute atomic E-state index is 14.0. The number of hydrogen-bond acceptors (Lipinski definition) is 5. The number of rotatable bonds is 6. The van der Waals surface area contributed by atoms with Crippen molar-refractivity contribution in [3.63, 3.8) is 0 Å². The van der Waals surface area contributed by atoms with Crippen LogP contribution in [-0.4, -0.2) is 37.7 Å². The zero-order chi connectivity index (χ0) is 27.1. The molecule has 2 saturated heterocycles. The Labute approximate surface area is 228 Å². The third-order valence-corrected chi connectivity index (χ3v) is 10.0. The molecule has 0 bridgehead atoms. The van der Waals surface area contributed by atoms with E-state index in [0.29, 0.717) is 24.5 Å². The molecule has 0 aromatic heterocycles. The first-order valence-corrected chi connectivity index (χ1v) is 14.7. The van der Waals surface area contributed by atoms with Crippen molar-refractivity contribution in [1.82, 2.24) is 4.31 Å². The number of ether oxygens (including phenoxy) is 1. The van der Waals surface area contributed by atoms with Crippen molar-refractivity contribution in [1.29, 1.82) is 0 Å². The number of nitrogens with zero attached hydrogens (tertiary/aromatic N) is 2. The van der Waals surface area contributed by atoms with E-state index in [1.165, 1.54) is 4.90 Å². The van der Waals surface area contributed by atoms with Crippen LogP contribution in [-0.2, 0) is 24.3 Å². The molecule has 0 saturated carbocycles. The Balaban J connectivity index is 1.46. The van der Waals surface area contributed by atoms with E-state index in [1.807, 2.05) is 55.5 Å². The third kappa shape index (κ3) is 4.28. The fraction of sp³-hybridized carbons (Fsp3) is 0.290. The van der Waals surface area contributed by atoms with Gasteiger partial charge in [0, 0.05) is 13.0 Å². The van der Waals surface area contributed by atoms with Crippen LogP contribution < -0.4 is 4.90 Å². The number of para-hydroxylation sites is 1. The van der Waals surface area contributed by atoms with E-state index in [4.69, 9.17) is 4.74 Å². The van der Waals surface area contributed by atoms with E-state index in [9.17, 15) is 18.0 Å². The number of amides is 2. The molecule has 7 nitrogen and oxygen atoms in total. The molecule has 2 heterocycles. The second kappa shape index (κ2) is 10.1. The lowest BCUT2D eigenvalue weighted by Gasteiger charge is -2.45. The average molecular weight is 543 g/mol. The molecule has 2 amide bonds. The minimum atomic E-state index is -3.87. The number of imide groups is 1. The maximum atomic E-state index is 14.0. The molecule has 2 fully saturated rings. The number of anilines is 1. The molecule has 8 heteroatoms. The van der Waals surface area contributed by atoms with Gasteiger partial charge < -0.3 is 4.74 Å². The van der Waals surface area contributed by atoms with Crippen molar-refractivity contribution in [2.45, 2.75) is 30.7 Å². The topological polar surface area (TPSA) is 84.0 Å². The maximum Gasteiger partial charge on any atom is 0.243 e. The van der Waals surface area contributed by atoms with Crippen molar-refractivity contribution in [3.8, 4) is 0 Å². The number of hydrogen-bond donors (Lipinski definition) is 0. The van der Waals surface area contributed by atoms with Crippen molar-refractivity contribution in [2.75, 3.05) is 18.1 Å². The van der Waals surface area contributed by atoms with Crippen LogP contribution in [0.25, 0.3) is 0 Å². The molecule has 2 aliphatic heterocycles. The Kier molecular flexibility index (Phi) is 6.61. The number of benzene rings is 3. The Morgan fingerprint density at radius 3 is 2.08 bits per heavy atom. The van der Waals surface area contributed by atoms with Gasteiger partial charge in [0.2, 0.25) is 21.8 Å². The van der Waals surface area contributed by atoms with Crippen LogP contribution in [0, 0.1) is 17.8 Å². The molecule has 39 heavy (non-hydrogen) atoms. The summed E-state index contributed by atoms with van der Waals surface area (Å²) in [6.45, 7) is 2.37. The number of carbonyl (C=O) groups excluding carboxylic acids is 2. The largest absolute Gasteiger partial charge is 0.498 e. The SMILES string of the molecule is CCOC1=C2CN(S(=O)(=O)c3ccccc3)[C@@H](c3ccccc3)C[C@H]2[C@H]2C(=O)N(c3ccccc3)C(=O)[C@H]2C1. The lowest BCUT2D eigenvalue weighted by atomic mass is 9.67. The van der Waals surface area contributed by atoms with E-state index in [1.54, 1.807) is 46.8 Å². The summed E-state index contributed by atoms with van der Waals surface area (Å²) in [6.07, 6.45) is 0.665. The van der Waals surface area contributed by atoms with Crippen molar-refractivity contribution >= 4 is 27.5 Å². The Bertz CT molecular complexity index is 1520. The summed E-state index contributed by atoms with van der Waals surface area (Å²) in [5, 5.41) is 0. The molecule has 200 valence electrons. The summed E-state index contributed by atoms with van der Waals surface area (Å²) in [7, 11) is -3.87. The fourth-order valence-corrected chi connectivity index (χ4v) is 8.04. The summed E-state index contributed by atoms with van der Waals surface area (Å²) >= 11 is 0. The summed E-state index contributed by atoms with van der Waals surface area (Å²) < 4.78 is 35.7. The zero-order valence-corrected chi connectivity index (χ0v) is 22.5. The molecule has 3 aromatic carbocycles. The molecule has 6 rings (SSSR count). The summed E-state index contributed by atoms with van der Waals surface area (Å²) in [4.78, 5) is 29.1. The van der Waals surface area contributed by atoms with E-state index in [-0.39, 0.29) is 35.6 Å². The molecule has 3 aliphatic rings. The molecule has 0 radical (unpaired) electrons. The van der Waals surface area contributed by atoms with Gasteiger partial charge in [0.05, 0.1) is 40.8 Å². The lowest BCUT2D eigenvalue weighted by molar-refractivity contribution is -0.123. The van der Waals surface area contributed by atoms with Crippen LogP contribution in [0.5, 0.6) is 0 Å². The van der Waals surface area contributed by atoms with E-state index < -0.39 is 27.9 Å². The number of piperidine rings is 1. The smallest absolute Gasteiger partial charge is 0.243 e. The van der Waals surface area contributed by atoms with Crippen molar-refractivity contribution < 1.29 is 22.7 Å². The number of carbonyl (C=O) groups is 2. The van der Waals surface area contributed by atoms with Crippen LogP contribution in [0.1, 0.15) is 31.4 Å². The highest BCUT2D eigenvalue weighted by Gasteiger charge is 2.58. The average Bonchev–Trinajstić information content (AvgIpc) is 3.23. The van der Waals surface area contributed by atoms with Gasteiger partial charge in [0.25, 0.3) is 0 Å². The molecular formula is C31H30N2O5S. The number of allylic oxidation sites excluding steroid dienone is 1. The van der Waals surface area contributed by atoms with Gasteiger partial charge in [-0.1, -0.05) is 66.7 Å². The Morgan fingerprint density at radius 2 is 1.44 bits per heavy atom. The third-order valence-electron chi connectivity index (χ3n) is 8.14. The molecule has 1 aliphatic carbocycles. The van der Waals surface area contributed by atoms with Gasteiger partial charge in [0.1, 0.15) is 0 Å². The highest BCUT2D eigenvalue weighted by Crippen LogP contribution is 2.53. The van der Waals surface area contributed by atoms with Crippen LogP contribution in [0.2, 0.25) is 0 Å². The van der Waals surface area contributed by atoms with Gasteiger partial charge >= 0.3 is 0 Å². The van der Waals surface area contributed by atoms with Gasteiger partial charge in [-0.2, -0.15) is 4.31 Å². The van der Waals surface area contributed by atoms with Crippen LogP contribution in [0.3, 0.4) is 0 Å². The monoisotopic (exact) mass is 542 g/mol. The van der Waals surface area contributed by atoms with E-state index in [0.717, 1.165) is 11.1 Å². The first-order valence-electron chi connectivity index (χ1n) is 13.3. The highest BCUT2D eigenvalue weighted by atomic mass is 32.2. The predicted octanol–water partition coefficient (Wildman–Crippen LogP) is 4.94. The van der Waals surface area contributed by atoms with Crippen LogP contribution in [0.15, 0.2) is 107 Å². The Morgan fingerprint density at radius 1 is 0.821 bits per heavy atom. The molecule has 3 aromatic rings. The molecule has 0 unspecified atom stereocenters. The number of sulfonamides is 1. The van der Waals surface area contributed by atoms with Gasteiger partial charge in [-0.05, 0) is 54.7 Å². The van der Waals surface area contributed by atoms with Gasteiger partial charge in [-0.15, -0.1) is 0 Å². The fourth-order valence-electron chi connectivity index (χ4n) is 6.42. The molecule has 4 atom stereocenters. The summed E-state index contributed by atoms with van der Waals surface area (Å²) in [5.41, 5.74) is 2.22. The van der Waals surface area contributed by atoms with Crippen molar-refractivity contribution in [2.24, 2.45) is 17.8 Å². The first-order chi connectivity index (χ1) is 18.9. The predicted molar refractivity (Wildman–Crippen MR) is 147 cm³/mol. The second-order valence-corrected chi connectivity index (χ2v) is 12.1. The summed E-state index contributed by atoms with van der Waals surface area (Å²) in [5.74, 6) is -1.22. The van der Waals surface area contributed by atoms with Crippen molar-refractivity contribution in [3.05, 3.63) is 108 Å². The standard InChI is InChI=1S/C31H30N2O5S/c1-2-38-28-19-25-29(31(35)33(30(25)34)22-14-8-4-9-15-22)24-18-27(21-12-6-3-7-13-21)32(20-26(24)28)39(36,37)23-16-10-5-11-17-23/h3-17,24-25,27,29H,2,18-20H2,1H3/t24-,25+,27-,29-/m1/s1. The normalized spacial score (nSPS) is 25.4. The lowest BCUT2D eigenvalue weighted by Crippen LogP contribution is -2.47. The highest BCUT2D eigenvalue weighted by molar-refractivity contribution is 7.89. The molecular weight excluding hydrogens is 512 g/mol. The quantitative estimate of drug-likeness (QED) is 0.412. The minimum Gasteiger partial charge on any atom is -0.498 e. The second-order valence-electron chi connectivity index (χ2n) is 10.2. The summed E-state index contributed by atoms with van der Waals surface area (Å²) in [6, 6.07) is 26.5. The zero-order valence-electron chi connectivity index (χ0n) is 21.6. The Hall–Kier alpha value is -3.75. The number of fused-ring (bicyclic) bond motifs is 3. The molecule has 0 N–H and O–H groups in total. The molecule has 0 spiro atoms. The van der Waals surface area contributed by atoms with E-state index in [2.05, 4.69) is 0 Å². The van der Waals surface area contributed by atoms with Crippen LogP contribution in [0.4, 0.5) is 5.69 Å². The first kappa shape index (κ1) is 25.5. The van der Waals surface area contributed by atoms with Crippen LogP contribution >= 0.6 is 0 Å². The van der Waals surface area contributed by atoms with Gasteiger partial charge in [-0.25, -0.2) is 8.42 Å². The minimum absolute atomic E-state index is 0.104. The van der Waals surface area contributed by atoms with E-state index >= 15 is 0 Å². The van der Waals surface area contributed by atoms with Gasteiger partial charge in [0.15, 0.2) is 0 Å².